The SMILES string of the molecule is O=C(C1CCC(NC2CCOCC2)C1)N1CCC(c2cccc(C(F)(F)F)c2)CC1. The van der Waals surface area contributed by atoms with Crippen LogP contribution >= 0.6 is 0 Å². The number of rotatable bonds is 4. The molecular formula is C23H31F3N2O2. The molecule has 30 heavy (non-hydrogen) atoms. The number of nitrogens with zero attached hydrogens (tertiary/aromatic N) is 1. The number of benzene rings is 1. The van der Waals surface area contributed by atoms with Gasteiger partial charge in [-0.15, -0.1) is 0 Å². The minimum Gasteiger partial charge on any atom is -0.381 e. The van der Waals surface area contributed by atoms with Gasteiger partial charge in [-0.05, 0) is 62.5 Å². The summed E-state index contributed by atoms with van der Waals surface area (Å²) >= 11 is 0. The van der Waals surface area contributed by atoms with Crippen LogP contribution in [0.4, 0.5) is 13.2 Å². The van der Waals surface area contributed by atoms with Crippen molar-refractivity contribution in [2.75, 3.05) is 26.3 Å². The average molecular weight is 425 g/mol. The predicted octanol–water partition coefficient (Wildman–Crippen LogP) is 4.35. The van der Waals surface area contributed by atoms with Crippen LogP contribution in [0.15, 0.2) is 24.3 Å². The van der Waals surface area contributed by atoms with Gasteiger partial charge in [0.25, 0.3) is 0 Å². The third kappa shape index (κ3) is 5.17. The summed E-state index contributed by atoms with van der Waals surface area (Å²) in [5.41, 5.74) is 0.144. The molecule has 166 valence electrons. The van der Waals surface area contributed by atoms with Crippen LogP contribution in [-0.2, 0) is 15.7 Å². The summed E-state index contributed by atoms with van der Waals surface area (Å²) in [7, 11) is 0. The zero-order valence-corrected chi connectivity index (χ0v) is 17.3. The summed E-state index contributed by atoms with van der Waals surface area (Å²) in [4.78, 5) is 14.9. The van der Waals surface area contributed by atoms with Crippen molar-refractivity contribution in [2.24, 2.45) is 5.92 Å². The van der Waals surface area contributed by atoms with Crippen LogP contribution in [0.2, 0.25) is 0 Å². The molecule has 1 amide bonds. The smallest absolute Gasteiger partial charge is 0.381 e. The molecule has 1 N–H and O–H groups in total. The van der Waals surface area contributed by atoms with Crippen molar-refractivity contribution in [1.29, 1.82) is 0 Å². The molecule has 1 aromatic rings. The van der Waals surface area contributed by atoms with Crippen molar-refractivity contribution >= 4 is 5.91 Å². The van der Waals surface area contributed by atoms with Crippen LogP contribution in [0, 0.1) is 5.92 Å². The number of alkyl halides is 3. The molecule has 1 aromatic carbocycles. The Morgan fingerprint density at radius 1 is 1.00 bits per heavy atom. The first-order valence-corrected chi connectivity index (χ1v) is 11.2. The van der Waals surface area contributed by atoms with E-state index in [2.05, 4.69) is 5.32 Å². The molecule has 0 spiro atoms. The summed E-state index contributed by atoms with van der Waals surface area (Å²) in [6.45, 7) is 2.89. The molecule has 2 saturated heterocycles. The van der Waals surface area contributed by atoms with Gasteiger partial charge in [-0.3, -0.25) is 4.79 Å². The lowest BCUT2D eigenvalue weighted by atomic mass is 9.88. The van der Waals surface area contributed by atoms with Crippen molar-refractivity contribution in [1.82, 2.24) is 10.2 Å². The maximum atomic E-state index is 13.0. The summed E-state index contributed by atoms with van der Waals surface area (Å²) in [5, 5.41) is 3.71. The first-order chi connectivity index (χ1) is 14.4. The zero-order valence-electron chi connectivity index (χ0n) is 17.3. The Balaban J connectivity index is 1.26. The number of likely N-dealkylation sites (tertiary alicyclic amines) is 1. The zero-order chi connectivity index (χ0) is 21.1. The van der Waals surface area contributed by atoms with E-state index in [1.54, 1.807) is 6.07 Å². The van der Waals surface area contributed by atoms with E-state index in [0.29, 0.717) is 25.2 Å². The molecule has 4 rings (SSSR count). The molecule has 3 fully saturated rings. The number of hydrogen-bond donors (Lipinski definition) is 1. The highest BCUT2D eigenvalue weighted by Crippen LogP contribution is 2.35. The normalized spacial score (nSPS) is 26.8. The molecule has 0 aromatic heterocycles. The second-order valence-electron chi connectivity index (χ2n) is 8.98. The van der Waals surface area contributed by atoms with Gasteiger partial charge in [0.2, 0.25) is 5.91 Å². The fourth-order valence-corrected chi connectivity index (χ4v) is 5.22. The molecule has 1 saturated carbocycles. The summed E-state index contributed by atoms with van der Waals surface area (Å²) in [5.74, 6) is 0.393. The van der Waals surface area contributed by atoms with Crippen LogP contribution < -0.4 is 5.32 Å². The lowest BCUT2D eigenvalue weighted by molar-refractivity contribution is -0.137. The minimum absolute atomic E-state index is 0.0763. The van der Waals surface area contributed by atoms with Gasteiger partial charge in [0, 0.05) is 44.3 Å². The number of carbonyl (C=O) groups excluding carboxylic acids is 1. The largest absolute Gasteiger partial charge is 0.416 e. The van der Waals surface area contributed by atoms with Gasteiger partial charge in [-0.25, -0.2) is 0 Å². The van der Waals surface area contributed by atoms with E-state index in [0.717, 1.165) is 69.8 Å². The molecular weight excluding hydrogens is 393 g/mol. The molecule has 2 heterocycles. The molecule has 0 bridgehead atoms. The molecule has 0 radical (unpaired) electrons. The maximum Gasteiger partial charge on any atom is 0.416 e. The fraction of sp³-hybridized carbons (Fsp3) is 0.696. The second kappa shape index (κ2) is 9.27. The third-order valence-corrected chi connectivity index (χ3v) is 6.97. The van der Waals surface area contributed by atoms with Crippen LogP contribution in [0.5, 0.6) is 0 Å². The monoisotopic (exact) mass is 424 g/mol. The number of carbonyl (C=O) groups is 1. The van der Waals surface area contributed by atoms with E-state index >= 15 is 0 Å². The predicted molar refractivity (Wildman–Crippen MR) is 108 cm³/mol. The Kier molecular flexibility index (Phi) is 6.68. The van der Waals surface area contributed by atoms with Crippen LogP contribution in [0.25, 0.3) is 0 Å². The van der Waals surface area contributed by atoms with E-state index in [9.17, 15) is 18.0 Å². The maximum absolute atomic E-state index is 13.0. The summed E-state index contributed by atoms with van der Waals surface area (Å²) in [6, 6.07) is 6.56. The van der Waals surface area contributed by atoms with Crippen molar-refractivity contribution in [3.63, 3.8) is 0 Å². The minimum atomic E-state index is -4.32. The highest BCUT2D eigenvalue weighted by molar-refractivity contribution is 5.79. The van der Waals surface area contributed by atoms with Crippen LogP contribution in [0.3, 0.4) is 0 Å². The van der Waals surface area contributed by atoms with E-state index < -0.39 is 11.7 Å². The van der Waals surface area contributed by atoms with Crippen LogP contribution in [-0.4, -0.2) is 49.2 Å². The van der Waals surface area contributed by atoms with Gasteiger partial charge in [0.1, 0.15) is 0 Å². The van der Waals surface area contributed by atoms with Crippen LogP contribution in [0.1, 0.15) is 62.0 Å². The van der Waals surface area contributed by atoms with Crippen molar-refractivity contribution in [3.05, 3.63) is 35.4 Å². The van der Waals surface area contributed by atoms with Gasteiger partial charge < -0.3 is 15.0 Å². The van der Waals surface area contributed by atoms with Gasteiger partial charge in [0.15, 0.2) is 0 Å². The summed E-state index contributed by atoms with van der Waals surface area (Å²) in [6.07, 6.45) is 2.07. The quantitative estimate of drug-likeness (QED) is 0.782. The molecule has 2 aliphatic heterocycles. The number of hydrogen-bond acceptors (Lipinski definition) is 3. The molecule has 2 unspecified atom stereocenters. The Hall–Kier alpha value is -1.60. The number of nitrogens with one attached hydrogen (secondary N) is 1. The standard InChI is InChI=1S/C23H31F3N2O2/c24-23(25,26)19-3-1-2-17(14-19)16-6-10-28(11-7-16)22(29)18-4-5-21(15-18)27-20-8-12-30-13-9-20/h1-3,14,16,18,20-21,27H,4-13,15H2. The van der Waals surface area contributed by atoms with Gasteiger partial charge >= 0.3 is 6.18 Å². The third-order valence-electron chi connectivity index (χ3n) is 6.97. The first-order valence-electron chi connectivity index (χ1n) is 11.2. The molecule has 7 heteroatoms. The number of amides is 1. The second-order valence-corrected chi connectivity index (χ2v) is 8.98. The number of piperidine rings is 1. The Bertz CT molecular complexity index is 725. The van der Waals surface area contributed by atoms with Crippen molar-refractivity contribution in [3.8, 4) is 0 Å². The Morgan fingerprint density at radius 3 is 2.43 bits per heavy atom. The van der Waals surface area contributed by atoms with E-state index in [1.807, 2.05) is 4.90 Å². The lowest BCUT2D eigenvalue weighted by Gasteiger charge is -2.34. The van der Waals surface area contributed by atoms with E-state index in [1.165, 1.54) is 12.1 Å². The van der Waals surface area contributed by atoms with E-state index in [-0.39, 0.29) is 17.7 Å². The van der Waals surface area contributed by atoms with E-state index in [4.69, 9.17) is 4.74 Å². The Morgan fingerprint density at radius 2 is 1.73 bits per heavy atom. The van der Waals surface area contributed by atoms with Crippen molar-refractivity contribution in [2.45, 2.75) is 69.1 Å². The molecule has 2 atom stereocenters. The fourth-order valence-electron chi connectivity index (χ4n) is 5.22. The van der Waals surface area contributed by atoms with Gasteiger partial charge in [-0.2, -0.15) is 13.2 Å². The van der Waals surface area contributed by atoms with Gasteiger partial charge in [0.05, 0.1) is 5.56 Å². The van der Waals surface area contributed by atoms with Crippen molar-refractivity contribution < 1.29 is 22.7 Å². The highest BCUT2D eigenvalue weighted by Gasteiger charge is 2.36. The topological polar surface area (TPSA) is 41.6 Å². The summed E-state index contributed by atoms with van der Waals surface area (Å²) < 4.78 is 44.4. The first kappa shape index (κ1) is 21.6. The molecule has 4 nitrogen and oxygen atoms in total. The average Bonchev–Trinajstić information content (AvgIpc) is 3.22. The highest BCUT2D eigenvalue weighted by atomic mass is 19.4. The number of ether oxygens (including phenoxy) is 1. The number of halogens is 3. The Labute approximate surface area is 176 Å². The molecule has 1 aliphatic carbocycles. The lowest BCUT2D eigenvalue weighted by Crippen LogP contribution is -2.42. The van der Waals surface area contributed by atoms with Gasteiger partial charge in [-0.1, -0.05) is 18.2 Å². The molecule has 3 aliphatic rings.